The Morgan fingerprint density at radius 2 is 1.61 bits per heavy atom. The third-order valence-electron chi connectivity index (χ3n) is 4.50. The summed E-state index contributed by atoms with van der Waals surface area (Å²) in [7, 11) is 0. The maximum absolute atomic E-state index is 12.5. The quantitative estimate of drug-likeness (QED) is 0.548. The maximum atomic E-state index is 12.5. The molecule has 0 radical (unpaired) electrons. The van der Waals surface area contributed by atoms with Crippen LogP contribution in [0.4, 0.5) is 17.2 Å². The summed E-state index contributed by atoms with van der Waals surface area (Å²) >= 11 is 0. The Kier molecular flexibility index (Phi) is 4.68. The lowest BCUT2D eigenvalue weighted by Gasteiger charge is -2.11. The second-order valence-corrected chi connectivity index (χ2v) is 6.51. The number of anilines is 3. The molecule has 2 heterocycles. The molecule has 0 fully saturated rings. The summed E-state index contributed by atoms with van der Waals surface area (Å²) in [6.45, 7) is 3.92. The van der Waals surface area contributed by atoms with Gasteiger partial charge in [-0.05, 0) is 37.1 Å². The van der Waals surface area contributed by atoms with E-state index in [1.165, 1.54) is 6.20 Å². The van der Waals surface area contributed by atoms with E-state index in [9.17, 15) is 4.79 Å². The molecule has 0 spiro atoms. The van der Waals surface area contributed by atoms with E-state index in [1.54, 1.807) is 12.4 Å². The number of para-hydroxylation sites is 2. The fraction of sp³-hybridized carbons (Fsp3) is 0.0909. The summed E-state index contributed by atoms with van der Waals surface area (Å²) in [6.07, 6.45) is 4.76. The smallest absolute Gasteiger partial charge is 0.275 e. The number of aryl methyl sites for hydroxylation is 2. The van der Waals surface area contributed by atoms with Gasteiger partial charge in [-0.2, -0.15) is 0 Å². The van der Waals surface area contributed by atoms with Gasteiger partial charge in [-0.25, -0.2) is 9.97 Å². The summed E-state index contributed by atoms with van der Waals surface area (Å²) in [6, 6.07) is 15.7. The summed E-state index contributed by atoms with van der Waals surface area (Å²) in [5, 5.41) is 7.16. The predicted octanol–water partition coefficient (Wildman–Crippen LogP) is 4.64. The van der Waals surface area contributed by atoms with E-state index in [0.717, 1.165) is 33.4 Å². The van der Waals surface area contributed by atoms with E-state index in [0.29, 0.717) is 5.82 Å². The van der Waals surface area contributed by atoms with Crippen molar-refractivity contribution in [2.45, 2.75) is 13.8 Å². The van der Waals surface area contributed by atoms with E-state index in [2.05, 4.69) is 25.6 Å². The van der Waals surface area contributed by atoms with Gasteiger partial charge in [0.05, 0.1) is 23.6 Å². The van der Waals surface area contributed by atoms with Crippen LogP contribution in [0.15, 0.2) is 67.1 Å². The number of hydrogen-bond donors (Lipinski definition) is 2. The molecule has 28 heavy (non-hydrogen) atoms. The van der Waals surface area contributed by atoms with Crippen LogP contribution in [0.3, 0.4) is 0 Å². The molecule has 6 heteroatoms. The van der Waals surface area contributed by atoms with Crippen molar-refractivity contribution in [2.75, 3.05) is 10.6 Å². The lowest BCUT2D eigenvalue weighted by molar-refractivity contribution is 0.102. The highest BCUT2D eigenvalue weighted by molar-refractivity contribution is 6.03. The van der Waals surface area contributed by atoms with Gasteiger partial charge < -0.3 is 10.6 Å². The first-order valence-corrected chi connectivity index (χ1v) is 8.92. The first kappa shape index (κ1) is 17.6. The number of aromatic nitrogens is 3. The monoisotopic (exact) mass is 369 g/mol. The van der Waals surface area contributed by atoms with Crippen LogP contribution < -0.4 is 10.6 Å². The van der Waals surface area contributed by atoms with Gasteiger partial charge in [0, 0.05) is 17.3 Å². The number of hydrogen-bond acceptors (Lipinski definition) is 5. The van der Waals surface area contributed by atoms with Crippen molar-refractivity contribution < 1.29 is 4.79 Å². The molecule has 4 rings (SSSR count). The van der Waals surface area contributed by atoms with Gasteiger partial charge >= 0.3 is 0 Å². The number of fused-ring (bicyclic) bond motifs is 1. The minimum Gasteiger partial charge on any atom is -0.337 e. The van der Waals surface area contributed by atoms with Crippen LogP contribution in [-0.4, -0.2) is 20.9 Å². The fourth-order valence-electron chi connectivity index (χ4n) is 3.04. The summed E-state index contributed by atoms with van der Waals surface area (Å²) in [5.74, 6) is 0.255. The highest BCUT2D eigenvalue weighted by Crippen LogP contribution is 2.24. The lowest BCUT2D eigenvalue weighted by Crippen LogP contribution is -2.15. The number of pyridine rings is 1. The molecule has 0 saturated heterocycles. The van der Waals surface area contributed by atoms with Crippen LogP contribution in [0.25, 0.3) is 10.9 Å². The van der Waals surface area contributed by atoms with Gasteiger partial charge in [-0.15, -0.1) is 0 Å². The van der Waals surface area contributed by atoms with Crippen molar-refractivity contribution in [2.24, 2.45) is 0 Å². The maximum Gasteiger partial charge on any atom is 0.275 e. The minimum atomic E-state index is -0.289. The van der Waals surface area contributed by atoms with Gasteiger partial charge in [0.1, 0.15) is 11.5 Å². The molecule has 2 N–H and O–H groups in total. The van der Waals surface area contributed by atoms with Crippen molar-refractivity contribution >= 4 is 34.0 Å². The number of nitrogens with one attached hydrogen (secondary N) is 2. The lowest BCUT2D eigenvalue weighted by atomic mass is 10.1. The zero-order valence-electron chi connectivity index (χ0n) is 15.6. The highest BCUT2D eigenvalue weighted by atomic mass is 16.1. The van der Waals surface area contributed by atoms with Gasteiger partial charge in [-0.3, -0.25) is 9.78 Å². The normalized spacial score (nSPS) is 10.6. The van der Waals surface area contributed by atoms with E-state index < -0.39 is 0 Å². The van der Waals surface area contributed by atoms with Crippen LogP contribution in [0.1, 0.15) is 21.6 Å². The Labute approximate surface area is 162 Å². The van der Waals surface area contributed by atoms with Crippen molar-refractivity contribution in [3.05, 3.63) is 83.9 Å². The van der Waals surface area contributed by atoms with Gasteiger partial charge in [0.2, 0.25) is 0 Å². The average Bonchev–Trinajstić information content (AvgIpc) is 2.71. The molecule has 4 aromatic rings. The zero-order chi connectivity index (χ0) is 19.5. The van der Waals surface area contributed by atoms with E-state index >= 15 is 0 Å². The topological polar surface area (TPSA) is 79.8 Å². The van der Waals surface area contributed by atoms with Gasteiger partial charge in [-0.1, -0.05) is 36.4 Å². The van der Waals surface area contributed by atoms with E-state index in [4.69, 9.17) is 0 Å². The minimum absolute atomic E-state index is 0.254. The molecule has 0 unspecified atom stereocenters. The second-order valence-electron chi connectivity index (χ2n) is 6.51. The Morgan fingerprint density at radius 3 is 2.36 bits per heavy atom. The predicted molar refractivity (Wildman–Crippen MR) is 111 cm³/mol. The first-order chi connectivity index (χ1) is 13.6. The number of benzene rings is 2. The average molecular weight is 369 g/mol. The summed E-state index contributed by atoms with van der Waals surface area (Å²) < 4.78 is 0. The molecule has 6 nitrogen and oxygen atoms in total. The van der Waals surface area contributed by atoms with Crippen LogP contribution in [0, 0.1) is 13.8 Å². The van der Waals surface area contributed by atoms with E-state index in [-0.39, 0.29) is 11.6 Å². The third-order valence-corrected chi connectivity index (χ3v) is 4.50. The highest BCUT2D eigenvalue weighted by Gasteiger charge is 2.12. The molecule has 0 aliphatic rings. The Bertz CT molecular complexity index is 1130. The van der Waals surface area contributed by atoms with Crippen LogP contribution in [0.5, 0.6) is 0 Å². The summed E-state index contributed by atoms with van der Waals surface area (Å²) in [4.78, 5) is 25.5. The molecule has 0 saturated carbocycles. The number of rotatable bonds is 4. The molecular weight excluding hydrogens is 350 g/mol. The van der Waals surface area contributed by atoms with E-state index in [1.807, 2.05) is 62.4 Å². The van der Waals surface area contributed by atoms with Crippen LogP contribution >= 0.6 is 0 Å². The SMILES string of the molecule is Cc1cccc(C)c1NC(=O)c1cnc(Nc2cccc3cccnc23)cn1. The molecular formula is C22H19N5O. The summed E-state index contributed by atoms with van der Waals surface area (Å²) in [5.41, 5.74) is 4.75. The van der Waals surface area contributed by atoms with Crippen LogP contribution in [-0.2, 0) is 0 Å². The Hall–Kier alpha value is -3.80. The molecule has 0 atom stereocenters. The van der Waals surface area contributed by atoms with Crippen molar-refractivity contribution in [3.63, 3.8) is 0 Å². The number of carbonyl (C=O) groups excluding carboxylic acids is 1. The fourth-order valence-corrected chi connectivity index (χ4v) is 3.04. The van der Waals surface area contributed by atoms with Crippen molar-refractivity contribution in [3.8, 4) is 0 Å². The van der Waals surface area contributed by atoms with Gasteiger partial charge in [0.25, 0.3) is 5.91 Å². The molecule has 138 valence electrons. The Balaban J connectivity index is 1.53. The Morgan fingerprint density at radius 1 is 0.857 bits per heavy atom. The third kappa shape index (κ3) is 3.53. The molecule has 2 aromatic carbocycles. The molecule has 0 aliphatic carbocycles. The molecule has 1 amide bonds. The standard InChI is InChI=1S/C22H19N5O/c1-14-6-3-7-15(2)20(14)27-22(28)18-12-25-19(13-24-18)26-17-10-4-8-16-9-5-11-23-21(16)17/h3-13H,1-2H3,(H,25,26)(H,27,28). The van der Waals surface area contributed by atoms with Gasteiger partial charge in [0.15, 0.2) is 0 Å². The number of amides is 1. The largest absolute Gasteiger partial charge is 0.337 e. The molecule has 0 bridgehead atoms. The number of carbonyl (C=O) groups is 1. The van der Waals surface area contributed by atoms with Crippen LogP contribution in [0.2, 0.25) is 0 Å². The zero-order valence-corrected chi connectivity index (χ0v) is 15.6. The van der Waals surface area contributed by atoms with Crippen molar-refractivity contribution in [1.29, 1.82) is 0 Å². The molecule has 2 aromatic heterocycles. The van der Waals surface area contributed by atoms with Crippen molar-refractivity contribution in [1.82, 2.24) is 15.0 Å². The second kappa shape index (κ2) is 7.44. The first-order valence-electron chi connectivity index (χ1n) is 8.92. The molecule has 0 aliphatic heterocycles. The number of nitrogens with zero attached hydrogens (tertiary/aromatic N) is 3.